The van der Waals surface area contributed by atoms with Crippen molar-refractivity contribution in [1.82, 2.24) is 0 Å². The zero-order chi connectivity index (χ0) is 17.9. The van der Waals surface area contributed by atoms with E-state index in [2.05, 4.69) is 0 Å². The highest BCUT2D eigenvalue weighted by molar-refractivity contribution is 5.56. The summed E-state index contributed by atoms with van der Waals surface area (Å²) in [7, 11) is 0. The predicted molar refractivity (Wildman–Crippen MR) is 69.9 cm³/mol. The third-order valence-electron chi connectivity index (χ3n) is 3.80. The van der Waals surface area contributed by atoms with Gasteiger partial charge in [-0.15, -0.1) is 0 Å². The normalized spacial score (nSPS) is 38.4. The fourth-order valence-electron chi connectivity index (χ4n) is 2.29. The number of ether oxygens (including phenoxy) is 1. The van der Waals surface area contributed by atoms with Gasteiger partial charge >= 0.3 is 0 Å². The van der Waals surface area contributed by atoms with Crippen molar-refractivity contribution in [2.24, 2.45) is 0 Å². The zero-order valence-corrected chi connectivity index (χ0v) is 11.9. The molecule has 0 aromatic rings. The van der Waals surface area contributed by atoms with Crippen molar-refractivity contribution in [3.63, 3.8) is 0 Å². The highest BCUT2D eigenvalue weighted by Gasteiger charge is 2.49. The van der Waals surface area contributed by atoms with Gasteiger partial charge in [-0.2, -0.15) is 0 Å². The van der Waals surface area contributed by atoms with Crippen LogP contribution in [-0.2, 0) is 9.53 Å². The van der Waals surface area contributed by atoms with Crippen molar-refractivity contribution < 1.29 is 55.5 Å². The highest BCUT2D eigenvalue weighted by atomic mass is 16.6. The Bertz CT molecular complexity index is 378. The molecule has 23 heavy (non-hydrogen) atoms. The fraction of sp³-hybridized carbons (Fsp3) is 0.917. The third kappa shape index (κ3) is 4.22. The topological polar surface area (TPSA) is 208 Å². The Hall–Kier alpha value is -0.730. The lowest BCUT2D eigenvalue weighted by Crippen LogP contribution is -2.64. The standard InChI is InChI=1S/C12H22O11/c13-1-3(15)5(16)7(18)9(20)11(22)12-10(21)8(19)6(17)4(2-14)23-12/h1,3-12,14-22H,2H2/t3-,4-,5-,6+,7+,8+,9+,10-,11?,12+/m1/s1. The number of aliphatic hydroxyl groups excluding tert-OH is 9. The lowest BCUT2D eigenvalue weighted by molar-refractivity contribution is -0.264. The number of hydrogen-bond donors (Lipinski definition) is 9. The van der Waals surface area contributed by atoms with Crippen LogP contribution in [0.5, 0.6) is 0 Å². The van der Waals surface area contributed by atoms with Gasteiger partial charge in [0.05, 0.1) is 6.61 Å². The summed E-state index contributed by atoms with van der Waals surface area (Å²) in [6, 6.07) is 0. The molecule has 1 saturated heterocycles. The second-order valence-corrected chi connectivity index (χ2v) is 5.38. The summed E-state index contributed by atoms with van der Waals surface area (Å²) >= 11 is 0. The van der Waals surface area contributed by atoms with Gasteiger partial charge < -0.3 is 55.5 Å². The molecule has 0 aliphatic carbocycles. The Morgan fingerprint density at radius 1 is 0.870 bits per heavy atom. The second-order valence-electron chi connectivity index (χ2n) is 5.38. The molecule has 1 aliphatic heterocycles. The van der Waals surface area contributed by atoms with Gasteiger partial charge in [0.25, 0.3) is 0 Å². The molecule has 11 nitrogen and oxygen atoms in total. The molecule has 1 heterocycles. The van der Waals surface area contributed by atoms with E-state index in [0.29, 0.717) is 0 Å². The van der Waals surface area contributed by atoms with Crippen molar-refractivity contribution in [3.05, 3.63) is 0 Å². The van der Waals surface area contributed by atoms with Crippen molar-refractivity contribution in [1.29, 1.82) is 0 Å². The molecular formula is C12H22O11. The molecular weight excluding hydrogens is 320 g/mol. The summed E-state index contributed by atoms with van der Waals surface area (Å²) in [5.41, 5.74) is 0. The molecule has 10 atom stereocenters. The first-order valence-electron chi connectivity index (χ1n) is 6.83. The van der Waals surface area contributed by atoms with E-state index in [4.69, 9.17) is 14.9 Å². The van der Waals surface area contributed by atoms with Crippen molar-refractivity contribution in [2.75, 3.05) is 6.61 Å². The first-order valence-corrected chi connectivity index (χ1v) is 6.83. The van der Waals surface area contributed by atoms with Gasteiger partial charge in [-0.05, 0) is 0 Å². The average molecular weight is 342 g/mol. The van der Waals surface area contributed by atoms with Gasteiger partial charge in [-0.3, -0.25) is 0 Å². The first kappa shape index (κ1) is 20.3. The lowest BCUT2D eigenvalue weighted by Gasteiger charge is -2.43. The van der Waals surface area contributed by atoms with Crippen molar-refractivity contribution in [3.8, 4) is 0 Å². The van der Waals surface area contributed by atoms with Crippen molar-refractivity contribution in [2.45, 2.75) is 61.0 Å². The molecule has 136 valence electrons. The van der Waals surface area contributed by atoms with E-state index in [1.54, 1.807) is 0 Å². The number of aliphatic hydroxyl groups is 9. The van der Waals surface area contributed by atoms with E-state index in [1.807, 2.05) is 0 Å². The molecule has 1 unspecified atom stereocenters. The first-order chi connectivity index (χ1) is 10.7. The quantitative estimate of drug-likeness (QED) is 0.199. The summed E-state index contributed by atoms with van der Waals surface area (Å²) in [6.07, 6.45) is -19.1. The molecule has 0 aromatic heterocycles. The molecule has 0 aromatic carbocycles. The Morgan fingerprint density at radius 3 is 1.91 bits per heavy atom. The van der Waals surface area contributed by atoms with Crippen LogP contribution < -0.4 is 0 Å². The highest BCUT2D eigenvalue weighted by Crippen LogP contribution is 2.25. The maximum atomic E-state index is 10.3. The minimum Gasteiger partial charge on any atom is -0.394 e. The fourth-order valence-corrected chi connectivity index (χ4v) is 2.29. The van der Waals surface area contributed by atoms with Crippen LogP contribution in [0.3, 0.4) is 0 Å². The Morgan fingerprint density at radius 2 is 1.43 bits per heavy atom. The maximum absolute atomic E-state index is 10.3. The molecule has 1 aliphatic rings. The molecule has 11 heteroatoms. The molecule has 0 spiro atoms. The Labute approximate surface area is 130 Å². The average Bonchev–Trinajstić information content (AvgIpc) is 2.56. The summed E-state index contributed by atoms with van der Waals surface area (Å²) in [5, 5.41) is 85.9. The Balaban J connectivity index is 2.85. The number of carbonyl (C=O) groups is 1. The van der Waals surface area contributed by atoms with Crippen LogP contribution in [0.2, 0.25) is 0 Å². The second kappa shape index (κ2) is 8.39. The summed E-state index contributed by atoms with van der Waals surface area (Å²) < 4.78 is 4.99. The van der Waals surface area contributed by atoms with E-state index in [9.17, 15) is 40.5 Å². The minimum absolute atomic E-state index is 0.0964. The summed E-state index contributed by atoms with van der Waals surface area (Å²) in [5.74, 6) is 0. The van der Waals surface area contributed by atoms with E-state index >= 15 is 0 Å². The van der Waals surface area contributed by atoms with E-state index in [1.165, 1.54) is 0 Å². The SMILES string of the molecule is O=C[C@@H](O)[C@@H](O)[C@H](O)[C@H](O)C(O)[C@H]1O[C@H](CO)[C@H](O)[C@H](O)[C@H]1O. The molecule has 1 fully saturated rings. The van der Waals surface area contributed by atoms with Gasteiger partial charge in [0.2, 0.25) is 0 Å². The molecule has 0 bridgehead atoms. The van der Waals surface area contributed by atoms with Crippen LogP contribution in [0.15, 0.2) is 0 Å². The van der Waals surface area contributed by atoms with Crippen LogP contribution in [-0.4, -0.2) is 120 Å². The van der Waals surface area contributed by atoms with Gasteiger partial charge in [0, 0.05) is 0 Å². The van der Waals surface area contributed by atoms with Crippen LogP contribution in [0.25, 0.3) is 0 Å². The molecule has 0 radical (unpaired) electrons. The van der Waals surface area contributed by atoms with Gasteiger partial charge in [0.15, 0.2) is 6.29 Å². The summed E-state index contributed by atoms with van der Waals surface area (Å²) in [4.78, 5) is 10.3. The van der Waals surface area contributed by atoms with E-state index in [-0.39, 0.29) is 6.29 Å². The largest absolute Gasteiger partial charge is 0.394 e. The van der Waals surface area contributed by atoms with Crippen LogP contribution in [0.4, 0.5) is 0 Å². The smallest absolute Gasteiger partial charge is 0.151 e. The zero-order valence-electron chi connectivity index (χ0n) is 11.9. The minimum atomic E-state index is -2.18. The number of aldehydes is 1. The number of rotatable bonds is 7. The lowest BCUT2D eigenvalue weighted by atomic mass is 9.88. The van der Waals surface area contributed by atoms with E-state index < -0.39 is 67.6 Å². The maximum Gasteiger partial charge on any atom is 0.151 e. The monoisotopic (exact) mass is 342 g/mol. The Kier molecular flexibility index (Phi) is 7.41. The van der Waals surface area contributed by atoms with Gasteiger partial charge in [-0.1, -0.05) is 0 Å². The van der Waals surface area contributed by atoms with Crippen LogP contribution >= 0.6 is 0 Å². The number of hydrogen-bond acceptors (Lipinski definition) is 11. The van der Waals surface area contributed by atoms with Gasteiger partial charge in [-0.25, -0.2) is 0 Å². The number of carbonyl (C=O) groups excluding carboxylic acids is 1. The third-order valence-corrected chi connectivity index (χ3v) is 3.80. The molecule has 1 rings (SSSR count). The summed E-state index contributed by atoms with van der Waals surface area (Å²) in [6.45, 7) is -0.765. The van der Waals surface area contributed by atoms with Crippen LogP contribution in [0.1, 0.15) is 0 Å². The van der Waals surface area contributed by atoms with Gasteiger partial charge in [0.1, 0.15) is 61.0 Å². The van der Waals surface area contributed by atoms with Crippen molar-refractivity contribution >= 4 is 6.29 Å². The van der Waals surface area contributed by atoms with E-state index in [0.717, 1.165) is 0 Å². The molecule has 0 amide bonds. The molecule has 9 N–H and O–H groups in total. The molecule has 0 saturated carbocycles. The predicted octanol–water partition coefficient (Wildman–Crippen LogP) is -6.17. The van der Waals surface area contributed by atoms with Crippen LogP contribution in [0, 0.1) is 0 Å².